The Balaban J connectivity index is 1.61. The Kier molecular flexibility index (Phi) is 6.07. The van der Waals surface area contributed by atoms with Crippen LogP contribution in [0.5, 0.6) is 5.75 Å². The smallest absolute Gasteiger partial charge is 0.312 e. The van der Waals surface area contributed by atoms with E-state index in [1.54, 1.807) is 23.4 Å². The number of methoxy groups -OCH3 is 1. The number of thioether (sulfide) groups is 1. The first-order chi connectivity index (χ1) is 16.2. The van der Waals surface area contributed by atoms with Gasteiger partial charge in [0.05, 0.1) is 23.7 Å². The number of nitrogens with one attached hydrogen (secondary N) is 1. The van der Waals surface area contributed by atoms with Crippen LogP contribution < -0.4 is 14.9 Å². The number of amides is 1. The van der Waals surface area contributed by atoms with Gasteiger partial charge in [-0.15, -0.1) is 11.8 Å². The second-order valence-corrected chi connectivity index (χ2v) is 9.74. The lowest BCUT2D eigenvalue weighted by molar-refractivity contribution is -0.119. The summed E-state index contributed by atoms with van der Waals surface area (Å²) in [6.45, 7) is 0. The number of para-hydroxylation sites is 2. The van der Waals surface area contributed by atoms with E-state index < -0.39 is 0 Å². The van der Waals surface area contributed by atoms with Gasteiger partial charge in [-0.1, -0.05) is 59.9 Å². The molecule has 7 heteroatoms. The third-order valence-electron chi connectivity index (χ3n) is 5.72. The summed E-state index contributed by atoms with van der Waals surface area (Å²) in [4.78, 5) is 27.4. The van der Waals surface area contributed by atoms with Gasteiger partial charge in [0.2, 0.25) is 5.91 Å². The molecule has 0 fully saturated rings. The van der Waals surface area contributed by atoms with Crippen molar-refractivity contribution in [3.05, 3.63) is 105 Å². The van der Waals surface area contributed by atoms with E-state index in [-0.39, 0.29) is 22.6 Å². The molecule has 0 radical (unpaired) electrons. The molecule has 33 heavy (non-hydrogen) atoms. The Morgan fingerprint density at radius 3 is 2.45 bits per heavy atom. The van der Waals surface area contributed by atoms with Crippen LogP contribution in [0, 0.1) is 5.92 Å². The molecule has 166 valence electrons. The van der Waals surface area contributed by atoms with E-state index in [4.69, 9.17) is 4.74 Å². The molecule has 2 atom stereocenters. The van der Waals surface area contributed by atoms with Gasteiger partial charge in [-0.2, -0.15) is 0 Å². The molecule has 4 aromatic rings. The molecular formula is C26H22N2O3S2. The summed E-state index contributed by atoms with van der Waals surface area (Å²) in [5, 5.41) is 3.97. The minimum absolute atomic E-state index is 0.0456. The molecule has 3 aromatic carbocycles. The molecule has 0 aliphatic carbocycles. The molecule has 1 amide bonds. The van der Waals surface area contributed by atoms with Crippen molar-refractivity contribution in [2.24, 2.45) is 5.92 Å². The highest BCUT2D eigenvalue weighted by molar-refractivity contribution is 7.99. The average molecular weight is 475 g/mol. The van der Waals surface area contributed by atoms with Gasteiger partial charge >= 0.3 is 4.87 Å². The topological polar surface area (TPSA) is 60.3 Å². The second kappa shape index (κ2) is 9.29. The largest absolute Gasteiger partial charge is 0.497 e. The first kappa shape index (κ1) is 21.6. The number of nitrogens with zero attached hydrogens (tertiary/aromatic N) is 1. The predicted molar refractivity (Wildman–Crippen MR) is 134 cm³/mol. The van der Waals surface area contributed by atoms with Gasteiger partial charge in [0.15, 0.2) is 0 Å². The Bertz CT molecular complexity index is 1330. The zero-order valence-electron chi connectivity index (χ0n) is 17.9. The fraction of sp³-hybridized carbons (Fsp3) is 0.154. The van der Waals surface area contributed by atoms with Crippen LogP contribution in [0.25, 0.3) is 5.69 Å². The van der Waals surface area contributed by atoms with Crippen molar-refractivity contribution in [1.82, 2.24) is 4.57 Å². The van der Waals surface area contributed by atoms with Crippen LogP contribution in [0.3, 0.4) is 0 Å². The van der Waals surface area contributed by atoms with E-state index in [9.17, 15) is 9.59 Å². The van der Waals surface area contributed by atoms with Crippen molar-refractivity contribution < 1.29 is 9.53 Å². The minimum atomic E-state index is -0.336. The van der Waals surface area contributed by atoms with E-state index in [0.29, 0.717) is 5.75 Å². The maximum atomic E-state index is 13.4. The Hall–Kier alpha value is -3.29. The number of anilines is 1. The molecule has 1 N–H and O–H groups in total. The van der Waals surface area contributed by atoms with Gasteiger partial charge in [-0.05, 0) is 42.0 Å². The summed E-state index contributed by atoms with van der Waals surface area (Å²) in [6.07, 6.45) is 0. The predicted octanol–water partition coefficient (Wildman–Crippen LogP) is 5.40. The molecule has 1 aliphatic heterocycles. The normalized spacial score (nSPS) is 17.2. The number of aromatic nitrogens is 1. The van der Waals surface area contributed by atoms with E-state index in [0.717, 1.165) is 32.6 Å². The van der Waals surface area contributed by atoms with E-state index in [1.165, 1.54) is 11.3 Å². The van der Waals surface area contributed by atoms with Crippen molar-refractivity contribution in [3.63, 3.8) is 0 Å². The number of ether oxygens (including phenoxy) is 1. The third-order valence-corrected chi connectivity index (χ3v) is 8.08. The highest BCUT2D eigenvalue weighted by Crippen LogP contribution is 2.47. The van der Waals surface area contributed by atoms with Gasteiger partial charge in [0, 0.05) is 22.2 Å². The summed E-state index contributed by atoms with van der Waals surface area (Å²) >= 11 is 2.79. The SMILES string of the molecule is COc1cccc([C@H]2c3sc(=O)n(-c4ccccc4)c3SC[C@H]2C(=O)Nc2ccccc2)c1. The number of hydrogen-bond donors (Lipinski definition) is 1. The van der Waals surface area contributed by atoms with Gasteiger partial charge < -0.3 is 10.1 Å². The maximum Gasteiger partial charge on any atom is 0.312 e. The molecule has 5 rings (SSSR count). The summed E-state index contributed by atoms with van der Waals surface area (Å²) in [7, 11) is 1.63. The van der Waals surface area contributed by atoms with Crippen molar-refractivity contribution in [2.75, 3.05) is 18.2 Å². The zero-order chi connectivity index (χ0) is 22.8. The molecular weight excluding hydrogens is 452 g/mol. The number of carbonyl (C=O) groups is 1. The van der Waals surface area contributed by atoms with Gasteiger partial charge in [-0.25, -0.2) is 0 Å². The fourth-order valence-corrected chi connectivity index (χ4v) is 6.87. The lowest BCUT2D eigenvalue weighted by atomic mass is 9.85. The molecule has 1 aliphatic rings. The quantitative estimate of drug-likeness (QED) is 0.421. The first-order valence-electron chi connectivity index (χ1n) is 10.6. The Morgan fingerprint density at radius 1 is 1.00 bits per heavy atom. The molecule has 0 spiro atoms. The van der Waals surface area contributed by atoms with Crippen LogP contribution in [0.4, 0.5) is 5.69 Å². The van der Waals surface area contributed by atoms with Crippen LogP contribution >= 0.6 is 23.1 Å². The highest BCUT2D eigenvalue weighted by atomic mass is 32.2. The molecule has 0 saturated carbocycles. The summed E-state index contributed by atoms with van der Waals surface area (Å²) in [5.41, 5.74) is 2.56. The van der Waals surface area contributed by atoms with E-state index in [2.05, 4.69) is 5.32 Å². The standard InChI is InChI=1S/C26H22N2O3S2/c1-31-20-14-8-9-17(15-20)22-21(24(29)27-18-10-4-2-5-11-18)16-32-25-23(22)33-26(30)28(25)19-12-6-3-7-13-19/h2-15,21-22H,16H2,1H3,(H,27,29)/t21-,22-/m1/s1. The monoisotopic (exact) mass is 474 g/mol. The first-order valence-corrected chi connectivity index (χ1v) is 12.4. The van der Waals surface area contributed by atoms with Crippen molar-refractivity contribution >= 4 is 34.7 Å². The fourth-order valence-electron chi connectivity index (χ4n) is 4.16. The summed E-state index contributed by atoms with van der Waals surface area (Å²) in [6, 6.07) is 26.9. The van der Waals surface area contributed by atoms with Crippen LogP contribution in [-0.4, -0.2) is 23.3 Å². The van der Waals surface area contributed by atoms with Crippen LogP contribution in [-0.2, 0) is 4.79 Å². The summed E-state index contributed by atoms with van der Waals surface area (Å²) < 4.78 is 7.22. The van der Waals surface area contributed by atoms with Gasteiger partial charge in [0.25, 0.3) is 0 Å². The molecule has 5 nitrogen and oxygen atoms in total. The highest BCUT2D eigenvalue weighted by Gasteiger charge is 2.39. The number of hydrogen-bond acceptors (Lipinski definition) is 5. The van der Waals surface area contributed by atoms with Crippen LogP contribution in [0.1, 0.15) is 16.4 Å². The van der Waals surface area contributed by atoms with E-state index >= 15 is 0 Å². The van der Waals surface area contributed by atoms with Crippen LogP contribution in [0.15, 0.2) is 94.7 Å². The van der Waals surface area contributed by atoms with Gasteiger partial charge in [0.1, 0.15) is 5.75 Å². The third kappa shape index (κ3) is 4.21. The number of fused-ring (bicyclic) bond motifs is 1. The maximum absolute atomic E-state index is 13.4. The molecule has 0 unspecified atom stereocenters. The molecule has 1 aromatic heterocycles. The second-order valence-electron chi connectivity index (χ2n) is 7.74. The number of rotatable bonds is 5. The van der Waals surface area contributed by atoms with Gasteiger partial charge in [-0.3, -0.25) is 14.2 Å². The average Bonchev–Trinajstić information content (AvgIpc) is 3.20. The van der Waals surface area contributed by atoms with E-state index in [1.807, 2.05) is 84.9 Å². The molecule has 2 heterocycles. The van der Waals surface area contributed by atoms with Crippen molar-refractivity contribution in [2.45, 2.75) is 10.9 Å². The minimum Gasteiger partial charge on any atom is -0.497 e. The Labute approximate surface area is 200 Å². The molecule has 0 bridgehead atoms. The number of carbonyl (C=O) groups excluding carboxylic acids is 1. The van der Waals surface area contributed by atoms with Crippen molar-refractivity contribution in [3.8, 4) is 11.4 Å². The Morgan fingerprint density at radius 2 is 1.73 bits per heavy atom. The lowest BCUT2D eigenvalue weighted by Crippen LogP contribution is -2.33. The zero-order valence-corrected chi connectivity index (χ0v) is 19.6. The number of thiazole rings is 1. The lowest BCUT2D eigenvalue weighted by Gasteiger charge is -2.31. The van der Waals surface area contributed by atoms with Crippen molar-refractivity contribution in [1.29, 1.82) is 0 Å². The summed E-state index contributed by atoms with van der Waals surface area (Å²) in [5.74, 6) is 0.653. The number of benzene rings is 3. The molecule has 0 saturated heterocycles. The van der Waals surface area contributed by atoms with Crippen LogP contribution in [0.2, 0.25) is 0 Å².